The maximum absolute atomic E-state index is 12.0. The van der Waals surface area contributed by atoms with Crippen molar-refractivity contribution in [2.24, 2.45) is 4.99 Å². The number of aromatic hydroxyl groups is 1. The normalized spacial score (nSPS) is 14.4. The van der Waals surface area contributed by atoms with Gasteiger partial charge in [-0.15, -0.1) is 6.58 Å². The summed E-state index contributed by atoms with van der Waals surface area (Å²) in [6.45, 7) is 3.18. The van der Waals surface area contributed by atoms with Crippen molar-refractivity contribution in [1.82, 2.24) is 20.2 Å². The van der Waals surface area contributed by atoms with Gasteiger partial charge in [-0.1, -0.05) is 6.08 Å². The fourth-order valence-electron chi connectivity index (χ4n) is 1.62. The number of imide groups is 2. The molecule has 114 valence electrons. The van der Waals surface area contributed by atoms with Crippen LogP contribution in [-0.2, 0) is 16.1 Å². The lowest BCUT2D eigenvalue weighted by Crippen LogP contribution is -2.56. The summed E-state index contributed by atoms with van der Waals surface area (Å²) in [7, 11) is 0. The number of carbonyl (C=O) groups is 3. The first-order valence-corrected chi connectivity index (χ1v) is 5.77. The van der Waals surface area contributed by atoms with Gasteiger partial charge in [0.25, 0.3) is 17.4 Å². The highest BCUT2D eigenvalue weighted by Crippen LogP contribution is 2.16. The number of aromatic amines is 1. The summed E-state index contributed by atoms with van der Waals surface area (Å²) >= 11 is 0. The summed E-state index contributed by atoms with van der Waals surface area (Å²) in [6, 6.07) is -1.04. The first kappa shape index (κ1) is 14.9. The minimum absolute atomic E-state index is 0.177. The quantitative estimate of drug-likeness (QED) is 0.466. The van der Waals surface area contributed by atoms with Gasteiger partial charge in [-0.05, 0) is 0 Å². The third kappa shape index (κ3) is 2.54. The molecule has 0 spiro atoms. The molecule has 11 heteroatoms. The van der Waals surface area contributed by atoms with E-state index in [9.17, 15) is 29.1 Å². The van der Waals surface area contributed by atoms with Gasteiger partial charge < -0.3 is 5.11 Å². The fraction of sp³-hybridized carbons (Fsp3) is 0.0909. The Labute approximate surface area is 121 Å². The monoisotopic (exact) mass is 307 g/mol. The molecule has 22 heavy (non-hydrogen) atoms. The molecule has 0 radical (unpaired) electrons. The lowest BCUT2D eigenvalue weighted by Gasteiger charge is -2.13. The van der Waals surface area contributed by atoms with E-state index in [1.807, 2.05) is 4.98 Å². The van der Waals surface area contributed by atoms with E-state index >= 15 is 0 Å². The number of H-pyrrole nitrogens is 1. The van der Waals surface area contributed by atoms with Crippen molar-refractivity contribution in [3.05, 3.63) is 33.5 Å². The topological polar surface area (TPSA) is 163 Å². The number of nitrogens with one attached hydrogen (secondary N) is 3. The second-order valence-electron chi connectivity index (χ2n) is 4.03. The van der Waals surface area contributed by atoms with Crippen molar-refractivity contribution >= 4 is 29.2 Å². The first-order chi connectivity index (χ1) is 10.3. The van der Waals surface area contributed by atoms with Crippen molar-refractivity contribution < 1.29 is 19.5 Å². The third-order valence-corrected chi connectivity index (χ3v) is 2.56. The van der Waals surface area contributed by atoms with Crippen LogP contribution in [0.5, 0.6) is 5.88 Å². The molecule has 4 amide bonds. The van der Waals surface area contributed by atoms with Crippen LogP contribution in [-0.4, -0.2) is 38.2 Å². The number of aliphatic imine (C=N–C) groups is 1. The van der Waals surface area contributed by atoms with Crippen molar-refractivity contribution in [3.8, 4) is 5.88 Å². The van der Waals surface area contributed by atoms with E-state index in [2.05, 4.69) is 11.6 Å². The Kier molecular flexibility index (Phi) is 3.71. The average Bonchev–Trinajstić information content (AvgIpc) is 2.41. The van der Waals surface area contributed by atoms with Crippen LogP contribution >= 0.6 is 0 Å². The van der Waals surface area contributed by atoms with Crippen LogP contribution in [0, 0.1) is 0 Å². The summed E-state index contributed by atoms with van der Waals surface area (Å²) < 4.78 is 0.649. The number of allylic oxidation sites excluding steroid dienone is 1. The smallest absolute Gasteiger partial charge is 0.331 e. The number of hydrogen-bond donors (Lipinski definition) is 4. The first-order valence-electron chi connectivity index (χ1n) is 5.77. The second kappa shape index (κ2) is 5.47. The fourth-order valence-corrected chi connectivity index (χ4v) is 1.62. The molecule has 1 saturated heterocycles. The van der Waals surface area contributed by atoms with E-state index in [1.54, 1.807) is 10.6 Å². The SMILES string of the molecule is C=CCn1c(=O)[nH]c(O)c(N=C2C(=O)NC(=O)NC2=O)c1=O. The standard InChI is InChI=1S/C11H9N5O6/c1-2-3-16-9(20)5(8(19)15-11(16)22)12-4-6(17)13-10(21)14-7(4)18/h2,19H,1,3H2,(H,15,22)(H2,13,14,17,18,21). The number of aromatic nitrogens is 2. The Morgan fingerprint density at radius 2 is 1.73 bits per heavy atom. The molecule has 4 N–H and O–H groups in total. The molecular formula is C11H9N5O6. The molecule has 0 saturated carbocycles. The van der Waals surface area contributed by atoms with E-state index in [-0.39, 0.29) is 6.54 Å². The van der Waals surface area contributed by atoms with E-state index < -0.39 is 46.4 Å². The molecule has 0 bridgehead atoms. The van der Waals surface area contributed by atoms with Crippen molar-refractivity contribution in [2.75, 3.05) is 0 Å². The summed E-state index contributed by atoms with van der Waals surface area (Å²) in [5.41, 5.74) is -3.49. The van der Waals surface area contributed by atoms with Crippen molar-refractivity contribution in [1.29, 1.82) is 0 Å². The van der Waals surface area contributed by atoms with Gasteiger partial charge in [0.1, 0.15) is 0 Å². The molecule has 2 heterocycles. The van der Waals surface area contributed by atoms with Crippen LogP contribution in [0.15, 0.2) is 27.2 Å². The van der Waals surface area contributed by atoms with Crippen LogP contribution in [0.3, 0.4) is 0 Å². The van der Waals surface area contributed by atoms with Gasteiger partial charge in [0.05, 0.1) is 0 Å². The van der Waals surface area contributed by atoms with Gasteiger partial charge in [0.15, 0.2) is 11.4 Å². The second-order valence-corrected chi connectivity index (χ2v) is 4.03. The van der Waals surface area contributed by atoms with Gasteiger partial charge in [-0.3, -0.25) is 34.6 Å². The van der Waals surface area contributed by atoms with Crippen molar-refractivity contribution in [3.63, 3.8) is 0 Å². The molecule has 0 atom stereocenters. The van der Waals surface area contributed by atoms with Gasteiger partial charge >= 0.3 is 11.7 Å². The largest absolute Gasteiger partial charge is 0.493 e. The summed E-state index contributed by atoms with van der Waals surface area (Å²) in [5.74, 6) is -3.21. The van der Waals surface area contributed by atoms with Crippen LogP contribution in [0.2, 0.25) is 0 Å². The molecule has 0 aliphatic carbocycles. The molecule has 0 aromatic carbocycles. The number of rotatable bonds is 3. The lowest BCUT2D eigenvalue weighted by molar-refractivity contribution is -0.119. The summed E-state index contributed by atoms with van der Waals surface area (Å²) in [5, 5.41) is 13.1. The van der Waals surface area contributed by atoms with E-state index in [0.29, 0.717) is 4.57 Å². The van der Waals surface area contributed by atoms with Crippen LogP contribution in [0.25, 0.3) is 0 Å². The Bertz CT molecular complexity index is 824. The highest BCUT2D eigenvalue weighted by Gasteiger charge is 2.30. The van der Waals surface area contributed by atoms with Gasteiger partial charge in [-0.25, -0.2) is 14.6 Å². The Balaban J connectivity index is 2.63. The van der Waals surface area contributed by atoms with Crippen molar-refractivity contribution in [2.45, 2.75) is 6.54 Å². The summed E-state index contributed by atoms with van der Waals surface area (Å²) in [6.07, 6.45) is 1.25. The van der Waals surface area contributed by atoms with E-state index in [0.717, 1.165) is 0 Å². The lowest BCUT2D eigenvalue weighted by atomic mass is 10.3. The Morgan fingerprint density at radius 3 is 2.27 bits per heavy atom. The molecule has 1 aliphatic rings. The molecule has 0 unspecified atom stereocenters. The van der Waals surface area contributed by atoms with Crippen LogP contribution in [0.4, 0.5) is 10.5 Å². The predicted molar refractivity (Wildman–Crippen MR) is 72.0 cm³/mol. The van der Waals surface area contributed by atoms with E-state index in [1.165, 1.54) is 6.08 Å². The molecule has 11 nitrogen and oxygen atoms in total. The van der Waals surface area contributed by atoms with Crippen LogP contribution in [0.1, 0.15) is 0 Å². The predicted octanol–water partition coefficient (Wildman–Crippen LogP) is -2.13. The molecular weight excluding hydrogens is 298 g/mol. The number of carbonyl (C=O) groups excluding carboxylic acids is 3. The average molecular weight is 307 g/mol. The molecule has 1 aliphatic heterocycles. The number of urea groups is 1. The van der Waals surface area contributed by atoms with Gasteiger partial charge in [-0.2, -0.15) is 0 Å². The number of barbiturate groups is 1. The number of hydrogen-bond acceptors (Lipinski definition) is 7. The molecule has 2 rings (SSSR count). The number of nitrogens with zero attached hydrogens (tertiary/aromatic N) is 2. The Hall–Kier alpha value is -3.50. The minimum atomic E-state index is -1.14. The summed E-state index contributed by atoms with van der Waals surface area (Å²) in [4.78, 5) is 62.9. The van der Waals surface area contributed by atoms with Crippen LogP contribution < -0.4 is 21.9 Å². The van der Waals surface area contributed by atoms with E-state index in [4.69, 9.17) is 0 Å². The molecule has 1 aromatic heterocycles. The minimum Gasteiger partial charge on any atom is -0.493 e. The third-order valence-electron chi connectivity index (χ3n) is 2.56. The molecule has 1 fully saturated rings. The highest BCUT2D eigenvalue weighted by atomic mass is 16.3. The number of amides is 4. The van der Waals surface area contributed by atoms with Gasteiger partial charge in [0.2, 0.25) is 5.88 Å². The maximum Gasteiger partial charge on any atom is 0.331 e. The zero-order valence-corrected chi connectivity index (χ0v) is 10.9. The zero-order chi connectivity index (χ0) is 16.4. The zero-order valence-electron chi connectivity index (χ0n) is 10.9. The Morgan fingerprint density at radius 1 is 1.14 bits per heavy atom. The molecule has 1 aromatic rings. The van der Waals surface area contributed by atoms with Gasteiger partial charge in [0, 0.05) is 6.54 Å². The maximum atomic E-state index is 12.0. The highest BCUT2D eigenvalue weighted by molar-refractivity contribution is 6.69.